The average Bonchev–Trinajstić information content (AvgIpc) is 2.77. The van der Waals surface area contributed by atoms with Crippen LogP contribution in [0, 0.1) is 11.8 Å². The van der Waals surface area contributed by atoms with Gasteiger partial charge in [-0.1, -0.05) is 26.7 Å². The number of nitrogens with zero attached hydrogens (tertiary/aromatic N) is 4. The highest BCUT2D eigenvalue weighted by molar-refractivity contribution is 5.79. The van der Waals surface area contributed by atoms with Crippen LogP contribution in [0.3, 0.4) is 0 Å². The Kier molecular flexibility index (Phi) is 8.03. The second-order valence-corrected chi connectivity index (χ2v) is 7.89. The van der Waals surface area contributed by atoms with Crippen LogP contribution in [0.5, 0.6) is 0 Å². The summed E-state index contributed by atoms with van der Waals surface area (Å²) < 4.78 is 5.53. The van der Waals surface area contributed by atoms with E-state index in [4.69, 9.17) is 4.74 Å². The van der Waals surface area contributed by atoms with Crippen molar-refractivity contribution in [3.8, 4) is 0 Å². The maximum atomic E-state index is 12.9. The summed E-state index contributed by atoms with van der Waals surface area (Å²) >= 11 is 0. The van der Waals surface area contributed by atoms with E-state index >= 15 is 0 Å². The Balaban J connectivity index is 1.57. The van der Waals surface area contributed by atoms with Crippen LogP contribution in [-0.2, 0) is 9.53 Å². The van der Waals surface area contributed by atoms with Gasteiger partial charge in [0.15, 0.2) is 0 Å². The molecule has 3 rings (SSSR count). The van der Waals surface area contributed by atoms with Crippen molar-refractivity contribution in [1.82, 2.24) is 20.2 Å². The first-order chi connectivity index (χ1) is 13.7. The number of carbonyl (C=O) groups is 1. The van der Waals surface area contributed by atoms with E-state index in [0.717, 1.165) is 77.4 Å². The fraction of sp³-hybridized carbons (Fsp3) is 0.762. The number of hydrogen-bond donors (Lipinski definition) is 1. The van der Waals surface area contributed by atoms with E-state index in [1.807, 2.05) is 0 Å². The number of piperidine rings is 1. The molecule has 156 valence electrons. The van der Waals surface area contributed by atoms with E-state index in [1.165, 1.54) is 0 Å². The number of hydrogen-bond acceptors (Lipinski definition) is 6. The van der Waals surface area contributed by atoms with Crippen LogP contribution in [0.15, 0.2) is 18.6 Å². The molecular formula is C21H35N5O2. The van der Waals surface area contributed by atoms with Crippen LogP contribution in [0.2, 0.25) is 0 Å². The summed E-state index contributed by atoms with van der Waals surface area (Å²) in [6.07, 6.45) is 9.39. The minimum Gasteiger partial charge on any atom is -0.379 e. The molecule has 0 unspecified atom stereocenters. The highest BCUT2D eigenvalue weighted by Crippen LogP contribution is 2.22. The first-order valence-corrected chi connectivity index (χ1v) is 10.8. The van der Waals surface area contributed by atoms with Gasteiger partial charge in [0, 0.05) is 51.2 Å². The van der Waals surface area contributed by atoms with Gasteiger partial charge in [0.05, 0.1) is 25.3 Å². The third-order valence-electron chi connectivity index (χ3n) is 6.26. The summed E-state index contributed by atoms with van der Waals surface area (Å²) in [6, 6.07) is 0.391. The predicted octanol–water partition coefficient (Wildman–Crippen LogP) is 1.95. The summed E-state index contributed by atoms with van der Waals surface area (Å²) in [5.74, 6) is 1.66. The summed E-state index contributed by atoms with van der Waals surface area (Å²) in [4.78, 5) is 26.2. The molecule has 1 amide bonds. The van der Waals surface area contributed by atoms with Gasteiger partial charge in [-0.3, -0.25) is 14.7 Å². The van der Waals surface area contributed by atoms with Gasteiger partial charge in [-0.2, -0.15) is 0 Å². The zero-order valence-electron chi connectivity index (χ0n) is 17.3. The molecule has 2 atom stereocenters. The van der Waals surface area contributed by atoms with Crippen molar-refractivity contribution in [3.63, 3.8) is 0 Å². The molecule has 0 bridgehead atoms. The summed E-state index contributed by atoms with van der Waals surface area (Å²) in [5.41, 5.74) is 0. The van der Waals surface area contributed by atoms with Crippen molar-refractivity contribution >= 4 is 11.7 Å². The number of aromatic nitrogens is 2. The Morgan fingerprint density at radius 3 is 2.71 bits per heavy atom. The molecule has 0 spiro atoms. The quantitative estimate of drug-likeness (QED) is 0.733. The SMILES string of the molecule is CCC(CC)[C@@H](CNC(=O)[C@H]1CCCN(c2cnccn2)C1)N1CCOCC1. The van der Waals surface area contributed by atoms with Gasteiger partial charge in [0.2, 0.25) is 5.91 Å². The third-order valence-corrected chi connectivity index (χ3v) is 6.26. The molecule has 2 fully saturated rings. The Morgan fingerprint density at radius 1 is 1.25 bits per heavy atom. The van der Waals surface area contributed by atoms with Crippen LogP contribution in [0.25, 0.3) is 0 Å². The molecule has 7 nitrogen and oxygen atoms in total. The smallest absolute Gasteiger partial charge is 0.224 e. The maximum absolute atomic E-state index is 12.9. The van der Waals surface area contributed by atoms with E-state index in [9.17, 15) is 4.79 Å². The Labute approximate surface area is 168 Å². The van der Waals surface area contributed by atoms with Crippen molar-refractivity contribution in [1.29, 1.82) is 0 Å². The Hall–Kier alpha value is -1.73. The zero-order valence-corrected chi connectivity index (χ0v) is 17.3. The molecule has 2 saturated heterocycles. The lowest BCUT2D eigenvalue weighted by atomic mass is 9.91. The molecule has 1 N–H and O–H groups in total. The number of rotatable bonds is 8. The second-order valence-electron chi connectivity index (χ2n) is 7.89. The second kappa shape index (κ2) is 10.7. The molecule has 0 aliphatic carbocycles. The van der Waals surface area contributed by atoms with Crippen LogP contribution in [-0.4, -0.2) is 72.8 Å². The van der Waals surface area contributed by atoms with Gasteiger partial charge in [-0.05, 0) is 18.8 Å². The van der Waals surface area contributed by atoms with E-state index in [-0.39, 0.29) is 11.8 Å². The minimum absolute atomic E-state index is 0.0165. The molecular weight excluding hydrogens is 354 g/mol. The van der Waals surface area contributed by atoms with Crippen LogP contribution >= 0.6 is 0 Å². The highest BCUT2D eigenvalue weighted by Gasteiger charge is 2.30. The molecule has 3 heterocycles. The van der Waals surface area contributed by atoms with E-state index < -0.39 is 0 Å². The summed E-state index contributed by atoms with van der Waals surface area (Å²) in [7, 11) is 0. The van der Waals surface area contributed by atoms with Crippen molar-refractivity contribution in [2.75, 3.05) is 50.8 Å². The lowest BCUT2D eigenvalue weighted by Crippen LogP contribution is -2.53. The molecule has 0 radical (unpaired) electrons. The standard InChI is InChI=1S/C21H35N5O2/c1-3-17(4-2)19(25-10-12-28-13-11-25)14-24-21(27)18-6-5-9-26(16-18)20-15-22-7-8-23-20/h7-8,15,17-19H,3-6,9-14,16H2,1-2H3,(H,24,27)/t18-,19+/m0/s1. The van der Waals surface area contributed by atoms with Crippen molar-refractivity contribution in [3.05, 3.63) is 18.6 Å². The van der Waals surface area contributed by atoms with Gasteiger partial charge in [0.1, 0.15) is 5.82 Å². The fourth-order valence-corrected chi connectivity index (χ4v) is 4.54. The number of carbonyl (C=O) groups excluding carboxylic acids is 1. The number of amides is 1. The monoisotopic (exact) mass is 389 g/mol. The molecule has 2 aliphatic rings. The van der Waals surface area contributed by atoms with Crippen LogP contribution in [0.4, 0.5) is 5.82 Å². The minimum atomic E-state index is 0.0165. The molecule has 0 aromatic carbocycles. The molecule has 28 heavy (non-hydrogen) atoms. The summed E-state index contributed by atoms with van der Waals surface area (Å²) in [6.45, 7) is 10.4. The van der Waals surface area contributed by atoms with Crippen LogP contribution in [0.1, 0.15) is 39.5 Å². The normalized spacial score (nSPS) is 22.2. The predicted molar refractivity (Wildman–Crippen MR) is 110 cm³/mol. The van der Waals surface area contributed by atoms with E-state index in [0.29, 0.717) is 12.0 Å². The number of morpholine rings is 1. The highest BCUT2D eigenvalue weighted by atomic mass is 16.5. The van der Waals surface area contributed by atoms with Crippen LogP contribution < -0.4 is 10.2 Å². The molecule has 1 aromatic rings. The fourth-order valence-electron chi connectivity index (χ4n) is 4.54. The number of ether oxygens (including phenoxy) is 1. The number of anilines is 1. The lowest BCUT2D eigenvalue weighted by molar-refractivity contribution is -0.125. The molecule has 1 aromatic heterocycles. The first-order valence-electron chi connectivity index (χ1n) is 10.8. The molecule has 2 aliphatic heterocycles. The Morgan fingerprint density at radius 2 is 2.04 bits per heavy atom. The average molecular weight is 390 g/mol. The van der Waals surface area contributed by atoms with Gasteiger partial charge in [0.25, 0.3) is 0 Å². The largest absolute Gasteiger partial charge is 0.379 e. The summed E-state index contributed by atoms with van der Waals surface area (Å²) in [5, 5.41) is 3.29. The van der Waals surface area contributed by atoms with Crippen molar-refractivity contribution in [2.24, 2.45) is 11.8 Å². The molecule has 7 heteroatoms. The van der Waals surface area contributed by atoms with Gasteiger partial charge >= 0.3 is 0 Å². The Bertz CT molecular complexity index is 590. The van der Waals surface area contributed by atoms with Crippen molar-refractivity contribution in [2.45, 2.75) is 45.6 Å². The van der Waals surface area contributed by atoms with Gasteiger partial charge in [-0.15, -0.1) is 0 Å². The third kappa shape index (κ3) is 5.41. The van der Waals surface area contributed by atoms with Crippen molar-refractivity contribution < 1.29 is 9.53 Å². The topological polar surface area (TPSA) is 70.6 Å². The number of nitrogens with one attached hydrogen (secondary N) is 1. The lowest BCUT2D eigenvalue weighted by Gasteiger charge is -2.39. The van der Waals surface area contributed by atoms with E-state index in [1.54, 1.807) is 18.6 Å². The van der Waals surface area contributed by atoms with Gasteiger partial charge < -0.3 is 15.0 Å². The zero-order chi connectivity index (χ0) is 19.8. The van der Waals surface area contributed by atoms with Gasteiger partial charge in [-0.25, -0.2) is 4.98 Å². The van der Waals surface area contributed by atoms with E-state index in [2.05, 4.69) is 38.9 Å². The first kappa shape index (κ1) is 21.0. The maximum Gasteiger partial charge on any atom is 0.224 e. The molecule has 0 saturated carbocycles.